The van der Waals surface area contributed by atoms with Crippen LogP contribution in [-0.4, -0.2) is 69.5 Å². The highest BCUT2D eigenvalue weighted by atomic mass is 32.2. The summed E-state index contributed by atoms with van der Waals surface area (Å²) in [4.78, 5) is 10.6. The highest BCUT2D eigenvalue weighted by molar-refractivity contribution is 8.00. The number of thioether (sulfide) groups is 1. The van der Waals surface area contributed by atoms with Crippen molar-refractivity contribution in [2.75, 3.05) is 6.61 Å². The molecule has 0 saturated carbocycles. The smallest absolute Gasteiger partial charge is 0.293 e. The molecular formula is C13H21NO6S. The molecule has 0 spiro atoms. The topological polar surface area (TPSA) is 122 Å². The number of carbonyl (C=O) groups is 1. The molecule has 2 rings (SSSR count). The average Bonchev–Trinajstić information content (AvgIpc) is 2.48. The van der Waals surface area contributed by atoms with Gasteiger partial charge in [-0.3, -0.25) is 4.79 Å². The maximum absolute atomic E-state index is 10.6. The minimum atomic E-state index is -1.28. The van der Waals surface area contributed by atoms with Gasteiger partial charge in [0.15, 0.2) is 6.10 Å². The Morgan fingerprint density at radius 1 is 1.33 bits per heavy atom. The first-order chi connectivity index (χ1) is 10.1. The van der Waals surface area contributed by atoms with E-state index in [1.165, 1.54) is 11.8 Å². The van der Waals surface area contributed by atoms with Crippen molar-refractivity contribution in [3.63, 3.8) is 0 Å². The quantitative estimate of drug-likeness (QED) is 0.376. The van der Waals surface area contributed by atoms with Gasteiger partial charge in [-0.2, -0.15) is 0 Å². The lowest BCUT2D eigenvalue weighted by Gasteiger charge is -2.44. The van der Waals surface area contributed by atoms with Gasteiger partial charge in [-0.1, -0.05) is 12.2 Å². The summed E-state index contributed by atoms with van der Waals surface area (Å²) in [6, 6.07) is -0.475. The Labute approximate surface area is 127 Å². The van der Waals surface area contributed by atoms with Crippen molar-refractivity contribution in [2.45, 2.75) is 54.0 Å². The first kappa shape index (κ1) is 16.7. The predicted molar refractivity (Wildman–Crippen MR) is 76.4 cm³/mol. The van der Waals surface area contributed by atoms with Crippen molar-refractivity contribution < 1.29 is 29.6 Å². The van der Waals surface area contributed by atoms with E-state index in [2.05, 4.69) is 0 Å². The van der Waals surface area contributed by atoms with E-state index in [1.807, 2.05) is 12.2 Å². The molecule has 120 valence electrons. The molecule has 7 atom stereocenters. The van der Waals surface area contributed by atoms with Crippen LogP contribution < -0.4 is 5.73 Å². The molecule has 2 aliphatic heterocycles. The molecule has 8 heteroatoms. The van der Waals surface area contributed by atoms with Crippen LogP contribution in [0.3, 0.4) is 0 Å². The third-order valence-electron chi connectivity index (χ3n) is 3.72. The predicted octanol–water partition coefficient (Wildman–Crippen LogP) is -1.25. The molecule has 1 saturated heterocycles. The lowest BCUT2D eigenvalue weighted by atomic mass is 9.93. The van der Waals surface area contributed by atoms with Crippen molar-refractivity contribution in [2.24, 2.45) is 5.73 Å². The first-order valence-electron chi connectivity index (χ1n) is 6.86. The van der Waals surface area contributed by atoms with Crippen LogP contribution in [0, 0.1) is 0 Å². The van der Waals surface area contributed by atoms with Crippen molar-refractivity contribution in [3.8, 4) is 0 Å². The van der Waals surface area contributed by atoms with Crippen LogP contribution in [0.15, 0.2) is 12.2 Å². The van der Waals surface area contributed by atoms with E-state index in [1.54, 1.807) is 0 Å². The second-order valence-corrected chi connectivity index (χ2v) is 6.60. The number of hydrogen-bond donors (Lipinski definition) is 4. The van der Waals surface area contributed by atoms with Crippen LogP contribution in [0.1, 0.15) is 12.8 Å². The highest BCUT2D eigenvalue weighted by Gasteiger charge is 2.48. The number of rotatable bonds is 3. The van der Waals surface area contributed by atoms with Crippen molar-refractivity contribution in [1.29, 1.82) is 0 Å². The Morgan fingerprint density at radius 3 is 2.71 bits per heavy atom. The SMILES string of the molecule is N[C@@H]1C/C=C\CC(CO)S[C@H]2O[C@H]1[C@H](O)[C@H](O)[C@H]2OC=O. The summed E-state index contributed by atoms with van der Waals surface area (Å²) < 4.78 is 10.6. The lowest BCUT2D eigenvalue weighted by molar-refractivity contribution is -0.211. The van der Waals surface area contributed by atoms with Gasteiger partial charge >= 0.3 is 0 Å². The molecule has 1 unspecified atom stereocenters. The van der Waals surface area contributed by atoms with Gasteiger partial charge in [0.1, 0.15) is 23.7 Å². The van der Waals surface area contributed by atoms with Gasteiger partial charge in [0.25, 0.3) is 6.47 Å². The largest absolute Gasteiger partial charge is 0.458 e. The Hall–Kier alpha value is -0.640. The van der Waals surface area contributed by atoms with Gasteiger partial charge in [0, 0.05) is 11.3 Å². The van der Waals surface area contributed by atoms with Gasteiger partial charge in [-0.05, 0) is 12.8 Å². The number of hydrogen-bond acceptors (Lipinski definition) is 8. The number of nitrogens with two attached hydrogens (primary N) is 1. The van der Waals surface area contributed by atoms with Gasteiger partial charge in [-0.15, -0.1) is 11.8 Å². The summed E-state index contributed by atoms with van der Waals surface area (Å²) >= 11 is 1.27. The molecule has 2 aliphatic rings. The fourth-order valence-corrected chi connectivity index (χ4v) is 3.79. The molecule has 0 aliphatic carbocycles. The van der Waals surface area contributed by atoms with E-state index < -0.39 is 35.9 Å². The molecule has 0 radical (unpaired) electrons. The van der Waals surface area contributed by atoms with Crippen molar-refractivity contribution in [3.05, 3.63) is 12.2 Å². The summed E-state index contributed by atoms with van der Waals surface area (Å²) in [6.45, 7) is 0.148. The summed E-state index contributed by atoms with van der Waals surface area (Å²) in [5, 5.41) is 29.5. The Balaban J connectivity index is 2.25. The normalized spacial score (nSPS) is 45.6. The van der Waals surface area contributed by atoms with E-state index in [-0.39, 0.29) is 18.3 Å². The second-order valence-electron chi connectivity index (χ2n) is 5.19. The van der Waals surface area contributed by atoms with Gasteiger partial charge in [-0.25, -0.2) is 0 Å². The third kappa shape index (κ3) is 3.77. The molecule has 0 aromatic heterocycles. The minimum Gasteiger partial charge on any atom is -0.458 e. The van der Waals surface area contributed by atoms with Crippen LogP contribution in [0.2, 0.25) is 0 Å². The summed E-state index contributed by atoms with van der Waals surface area (Å²) in [7, 11) is 0. The Kier molecular flexibility index (Phi) is 6.03. The third-order valence-corrected chi connectivity index (χ3v) is 5.10. The number of carbonyl (C=O) groups excluding carboxylic acids is 1. The van der Waals surface area contributed by atoms with E-state index >= 15 is 0 Å². The summed E-state index contributed by atoms with van der Waals surface area (Å²) in [5.41, 5.74) is 5.31. The molecule has 7 nitrogen and oxygen atoms in total. The fraction of sp³-hybridized carbons (Fsp3) is 0.769. The zero-order chi connectivity index (χ0) is 15.4. The van der Waals surface area contributed by atoms with E-state index in [4.69, 9.17) is 15.2 Å². The zero-order valence-electron chi connectivity index (χ0n) is 11.4. The van der Waals surface area contributed by atoms with E-state index in [0.717, 1.165) is 0 Å². The maximum atomic E-state index is 10.6. The molecule has 2 bridgehead atoms. The number of ether oxygens (including phenoxy) is 2. The van der Waals surface area contributed by atoms with Crippen LogP contribution >= 0.6 is 11.8 Å². The Morgan fingerprint density at radius 2 is 2.05 bits per heavy atom. The van der Waals surface area contributed by atoms with Crippen molar-refractivity contribution in [1.82, 2.24) is 0 Å². The summed E-state index contributed by atoms with van der Waals surface area (Å²) in [5.74, 6) is 0. The molecule has 1 fully saturated rings. The number of aliphatic hydroxyl groups is 3. The zero-order valence-corrected chi connectivity index (χ0v) is 12.3. The molecule has 0 aromatic carbocycles. The van der Waals surface area contributed by atoms with E-state index in [9.17, 15) is 20.1 Å². The monoisotopic (exact) mass is 319 g/mol. The first-order valence-corrected chi connectivity index (χ1v) is 7.80. The average molecular weight is 319 g/mol. The molecule has 21 heavy (non-hydrogen) atoms. The second kappa shape index (κ2) is 7.57. The van der Waals surface area contributed by atoms with Crippen LogP contribution in [0.5, 0.6) is 0 Å². The van der Waals surface area contributed by atoms with Gasteiger partial charge in [0.05, 0.1) is 6.61 Å². The molecule has 0 aromatic rings. The number of aliphatic hydroxyl groups excluding tert-OH is 3. The van der Waals surface area contributed by atoms with Crippen LogP contribution in [-0.2, 0) is 14.3 Å². The van der Waals surface area contributed by atoms with E-state index in [0.29, 0.717) is 12.8 Å². The molecule has 5 N–H and O–H groups in total. The minimum absolute atomic E-state index is 0.0714. The fourth-order valence-electron chi connectivity index (χ4n) is 2.53. The standard InChI is InChI=1S/C13H21NO6S/c14-8-4-2-1-3-7(5-15)21-13-12(19-6-16)10(18)9(17)11(8)20-13/h1-2,6-13,15,17-18H,3-5,14H2/b2-1-/t7?,8-,9-,10+,11-,12-,13-/m1/s1. The highest BCUT2D eigenvalue weighted by Crippen LogP contribution is 2.35. The van der Waals surface area contributed by atoms with Gasteiger partial charge in [0.2, 0.25) is 0 Å². The number of fused-ring (bicyclic) bond motifs is 2. The molecule has 0 amide bonds. The Bertz CT molecular complexity index is 382. The lowest BCUT2D eigenvalue weighted by Crippen LogP contribution is -2.62. The molecular weight excluding hydrogens is 298 g/mol. The molecule has 2 heterocycles. The summed E-state index contributed by atoms with van der Waals surface area (Å²) in [6.07, 6.45) is 0.642. The maximum Gasteiger partial charge on any atom is 0.293 e. The van der Waals surface area contributed by atoms with Crippen molar-refractivity contribution >= 4 is 18.2 Å². The van der Waals surface area contributed by atoms with Crippen LogP contribution in [0.25, 0.3) is 0 Å². The van der Waals surface area contributed by atoms with Crippen LogP contribution in [0.4, 0.5) is 0 Å². The van der Waals surface area contributed by atoms with Gasteiger partial charge < -0.3 is 30.5 Å². The number of allylic oxidation sites excluding steroid dienone is 1.